The molecule has 4 nitrogen and oxygen atoms in total. The first-order valence-corrected chi connectivity index (χ1v) is 5.10. The van der Waals surface area contributed by atoms with Gasteiger partial charge in [0.05, 0.1) is 6.61 Å². The van der Waals surface area contributed by atoms with E-state index in [-0.39, 0.29) is 0 Å². The van der Waals surface area contributed by atoms with Crippen molar-refractivity contribution in [3.63, 3.8) is 0 Å². The van der Waals surface area contributed by atoms with Gasteiger partial charge in [-0.2, -0.15) is 13.2 Å². The van der Waals surface area contributed by atoms with E-state index in [0.29, 0.717) is 12.3 Å². The molecular formula is C11H13F3N2O2. The summed E-state index contributed by atoms with van der Waals surface area (Å²) in [5, 5.41) is 4.00. The predicted molar refractivity (Wildman–Crippen MR) is 60.2 cm³/mol. The van der Waals surface area contributed by atoms with Crippen LogP contribution in [0.5, 0.6) is 0 Å². The maximum Gasteiger partial charge on any atom is 0.405 e. The van der Waals surface area contributed by atoms with Crippen LogP contribution in [0.1, 0.15) is 5.56 Å². The zero-order valence-electron chi connectivity index (χ0n) is 9.67. The molecule has 0 radical (unpaired) electrons. The van der Waals surface area contributed by atoms with Crippen LogP contribution < -0.4 is 10.6 Å². The van der Waals surface area contributed by atoms with E-state index in [0.717, 1.165) is 5.56 Å². The van der Waals surface area contributed by atoms with Gasteiger partial charge in [-0.1, -0.05) is 12.1 Å². The maximum atomic E-state index is 11.8. The zero-order valence-corrected chi connectivity index (χ0v) is 9.67. The Bertz CT molecular complexity index is 390. The van der Waals surface area contributed by atoms with Gasteiger partial charge in [-0.3, -0.25) is 0 Å². The third-order valence-electron chi connectivity index (χ3n) is 1.97. The highest BCUT2D eigenvalue weighted by Gasteiger charge is 2.27. The van der Waals surface area contributed by atoms with Crippen molar-refractivity contribution in [2.24, 2.45) is 0 Å². The summed E-state index contributed by atoms with van der Waals surface area (Å²) in [7, 11) is 1.55. The van der Waals surface area contributed by atoms with Gasteiger partial charge in [-0.25, -0.2) is 4.79 Å². The van der Waals surface area contributed by atoms with Crippen molar-refractivity contribution in [2.45, 2.75) is 12.8 Å². The van der Waals surface area contributed by atoms with Crippen molar-refractivity contribution in [1.82, 2.24) is 5.32 Å². The van der Waals surface area contributed by atoms with E-state index in [1.807, 2.05) is 0 Å². The fourth-order valence-electron chi connectivity index (χ4n) is 1.21. The van der Waals surface area contributed by atoms with Crippen LogP contribution in [0.15, 0.2) is 24.3 Å². The first-order chi connectivity index (χ1) is 8.40. The molecule has 0 fully saturated rings. The molecule has 0 atom stereocenters. The SMILES string of the molecule is COCc1ccc(NC(=O)NCC(F)(F)F)cc1. The topological polar surface area (TPSA) is 50.4 Å². The number of nitrogens with one attached hydrogen (secondary N) is 2. The summed E-state index contributed by atoms with van der Waals surface area (Å²) in [4.78, 5) is 11.1. The summed E-state index contributed by atoms with van der Waals surface area (Å²) in [6, 6.07) is 5.70. The van der Waals surface area contributed by atoms with Crippen molar-refractivity contribution in [3.05, 3.63) is 29.8 Å². The van der Waals surface area contributed by atoms with Crippen LogP contribution in [0.2, 0.25) is 0 Å². The Morgan fingerprint density at radius 1 is 1.28 bits per heavy atom. The fourth-order valence-corrected chi connectivity index (χ4v) is 1.21. The number of halogens is 3. The number of carbonyl (C=O) groups excluding carboxylic acids is 1. The number of hydrogen-bond acceptors (Lipinski definition) is 2. The Morgan fingerprint density at radius 3 is 2.39 bits per heavy atom. The second-order valence-electron chi connectivity index (χ2n) is 3.55. The van der Waals surface area contributed by atoms with Gasteiger partial charge in [0.2, 0.25) is 0 Å². The molecule has 2 N–H and O–H groups in total. The lowest BCUT2D eigenvalue weighted by molar-refractivity contribution is -0.122. The second-order valence-corrected chi connectivity index (χ2v) is 3.55. The molecule has 1 aromatic rings. The first-order valence-electron chi connectivity index (χ1n) is 5.10. The van der Waals surface area contributed by atoms with E-state index in [4.69, 9.17) is 4.74 Å². The van der Waals surface area contributed by atoms with E-state index < -0.39 is 18.8 Å². The predicted octanol–water partition coefficient (Wildman–Crippen LogP) is 2.52. The lowest BCUT2D eigenvalue weighted by atomic mass is 10.2. The van der Waals surface area contributed by atoms with E-state index in [1.165, 1.54) is 0 Å². The highest BCUT2D eigenvalue weighted by molar-refractivity contribution is 5.89. The maximum absolute atomic E-state index is 11.8. The van der Waals surface area contributed by atoms with Gasteiger partial charge in [0.1, 0.15) is 6.54 Å². The molecule has 0 bridgehead atoms. The monoisotopic (exact) mass is 262 g/mol. The third-order valence-corrected chi connectivity index (χ3v) is 1.97. The number of methoxy groups -OCH3 is 1. The smallest absolute Gasteiger partial charge is 0.380 e. The Morgan fingerprint density at radius 2 is 1.89 bits per heavy atom. The van der Waals surface area contributed by atoms with Crippen LogP contribution in [0, 0.1) is 0 Å². The van der Waals surface area contributed by atoms with Crippen LogP contribution >= 0.6 is 0 Å². The average molecular weight is 262 g/mol. The zero-order chi connectivity index (χ0) is 13.6. The molecule has 0 unspecified atom stereocenters. The van der Waals surface area contributed by atoms with E-state index >= 15 is 0 Å². The van der Waals surface area contributed by atoms with Crippen molar-refractivity contribution in [3.8, 4) is 0 Å². The summed E-state index contributed by atoms with van der Waals surface area (Å²) in [5.41, 5.74) is 1.31. The molecule has 1 aromatic carbocycles. The number of alkyl halides is 3. The lowest BCUT2D eigenvalue weighted by Gasteiger charge is -2.10. The van der Waals surface area contributed by atoms with Gasteiger partial charge >= 0.3 is 12.2 Å². The van der Waals surface area contributed by atoms with Crippen molar-refractivity contribution in [2.75, 3.05) is 19.0 Å². The number of carbonyl (C=O) groups is 1. The normalized spacial score (nSPS) is 11.1. The Balaban J connectivity index is 2.44. The number of urea groups is 1. The molecule has 0 aliphatic heterocycles. The van der Waals surface area contributed by atoms with Crippen LogP contribution in [0.3, 0.4) is 0 Å². The van der Waals surface area contributed by atoms with Crippen molar-refractivity contribution < 1.29 is 22.7 Å². The van der Waals surface area contributed by atoms with Gasteiger partial charge in [-0.05, 0) is 17.7 Å². The number of anilines is 1. The molecule has 7 heteroatoms. The van der Waals surface area contributed by atoms with Crippen LogP contribution in [-0.4, -0.2) is 25.9 Å². The van der Waals surface area contributed by atoms with E-state index in [1.54, 1.807) is 36.7 Å². The molecule has 0 heterocycles. The highest BCUT2D eigenvalue weighted by atomic mass is 19.4. The van der Waals surface area contributed by atoms with Gasteiger partial charge in [0, 0.05) is 12.8 Å². The van der Waals surface area contributed by atoms with Gasteiger partial charge in [-0.15, -0.1) is 0 Å². The molecule has 18 heavy (non-hydrogen) atoms. The van der Waals surface area contributed by atoms with Crippen molar-refractivity contribution >= 4 is 11.7 Å². The summed E-state index contributed by atoms with van der Waals surface area (Å²) in [6.07, 6.45) is -4.42. The Labute approximate surface area is 102 Å². The lowest BCUT2D eigenvalue weighted by Crippen LogP contribution is -2.36. The number of hydrogen-bond donors (Lipinski definition) is 2. The van der Waals surface area contributed by atoms with Gasteiger partial charge in [0.15, 0.2) is 0 Å². The molecule has 0 spiro atoms. The van der Waals surface area contributed by atoms with Gasteiger partial charge in [0.25, 0.3) is 0 Å². The summed E-state index contributed by atoms with van der Waals surface area (Å²) in [5.74, 6) is 0. The quantitative estimate of drug-likeness (QED) is 0.876. The average Bonchev–Trinajstić information content (AvgIpc) is 2.29. The Hall–Kier alpha value is -1.76. The number of amides is 2. The van der Waals surface area contributed by atoms with Crippen LogP contribution in [0.4, 0.5) is 23.7 Å². The molecule has 2 amide bonds. The summed E-state index contributed by atoms with van der Waals surface area (Å²) < 4.78 is 40.4. The van der Waals surface area contributed by atoms with Crippen LogP contribution in [0.25, 0.3) is 0 Å². The molecule has 1 rings (SSSR count). The first kappa shape index (κ1) is 14.3. The molecule has 0 aromatic heterocycles. The standard InChI is InChI=1S/C11H13F3N2O2/c1-18-6-8-2-4-9(5-3-8)16-10(17)15-7-11(12,13)14/h2-5H,6-7H2,1H3,(H2,15,16,17). The number of ether oxygens (including phenoxy) is 1. The Kier molecular flexibility index (Phi) is 4.96. The molecule has 0 aliphatic rings. The van der Waals surface area contributed by atoms with Gasteiger partial charge < -0.3 is 15.4 Å². The minimum atomic E-state index is -4.42. The largest absolute Gasteiger partial charge is 0.405 e. The molecule has 0 saturated heterocycles. The molecular weight excluding hydrogens is 249 g/mol. The van der Waals surface area contributed by atoms with E-state index in [9.17, 15) is 18.0 Å². The van der Waals surface area contributed by atoms with E-state index in [2.05, 4.69) is 5.32 Å². The minimum absolute atomic E-state index is 0.412. The van der Waals surface area contributed by atoms with Crippen LogP contribution in [-0.2, 0) is 11.3 Å². The number of rotatable bonds is 4. The summed E-state index contributed by atoms with van der Waals surface area (Å²) >= 11 is 0. The third kappa shape index (κ3) is 5.53. The minimum Gasteiger partial charge on any atom is -0.380 e. The molecule has 100 valence electrons. The highest BCUT2D eigenvalue weighted by Crippen LogP contribution is 2.13. The molecule has 0 aliphatic carbocycles. The molecule has 0 saturated carbocycles. The fraction of sp³-hybridized carbons (Fsp3) is 0.364. The van der Waals surface area contributed by atoms with Crippen molar-refractivity contribution in [1.29, 1.82) is 0 Å². The number of benzene rings is 1. The summed E-state index contributed by atoms with van der Waals surface area (Å²) in [6.45, 7) is -0.929. The second kappa shape index (κ2) is 6.25.